The highest BCUT2D eigenvalue weighted by Gasteiger charge is 2.24. The average molecular weight is 413 g/mol. The number of ether oxygens (including phenoxy) is 2. The lowest BCUT2D eigenvalue weighted by atomic mass is 10.1. The van der Waals surface area contributed by atoms with Crippen molar-refractivity contribution < 1.29 is 19.2 Å². The first-order valence-electron chi connectivity index (χ1n) is 9.80. The summed E-state index contributed by atoms with van der Waals surface area (Å²) in [5, 5.41) is 0.728. The zero-order chi connectivity index (χ0) is 20.5. The molecule has 0 aliphatic carbocycles. The van der Waals surface area contributed by atoms with E-state index in [1.807, 2.05) is 6.07 Å². The van der Waals surface area contributed by atoms with Crippen LogP contribution in [-0.2, 0) is 0 Å². The smallest absolute Gasteiger partial charge is 0.260 e. The number of carbonyl (C=O) groups is 1. The lowest BCUT2D eigenvalue weighted by Crippen LogP contribution is -3.06. The topological polar surface area (TPSA) is 56.1 Å². The summed E-state index contributed by atoms with van der Waals surface area (Å²) in [5.41, 5.74) is 3.95. The Kier molecular flexibility index (Phi) is 5.43. The van der Waals surface area contributed by atoms with Crippen molar-refractivity contribution in [3.05, 3.63) is 47.0 Å². The van der Waals surface area contributed by atoms with Gasteiger partial charge in [-0.15, -0.1) is 0 Å². The van der Waals surface area contributed by atoms with Crippen molar-refractivity contribution in [2.24, 2.45) is 0 Å². The number of hydrogen-bond acceptors (Lipinski definition) is 5. The number of anilines is 1. The van der Waals surface area contributed by atoms with Gasteiger partial charge in [0.05, 0.1) is 37.4 Å². The van der Waals surface area contributed by atoms with Crippen LogP contribution in [0.1, 0.15) is 21.5 Å². The number of amides is 1. The van der Waals surface area contributed by atoms with Gasteiger partial charge < -0.3 is 14.4 Å². The number of rotatable bonds is 5. The molecule has 1 amide bonds. The van der Waals surface area contributed by atoms with Crippen LogP contribution in [0, 0.1) is 13.8 Å². The van der Waals surface area contributed by atoms with Crippen LogP contribution < -0.4 is 19.3 Å². The summed E-state index contributed by atoms with van der Waals surface area (Å²) in [6, 6.07) is 9.62. The summed E-state index contributed by atoms with van der Waals surface area (Å²) in [7, 11) is 4.16. The second-order valence-corrected chi connectivity index (χ2v) is 8.68. The lowest BCUT2D eigenvalue weighted by molar-refractivity contribution is -0.856. The molecule has 29 heavy (non-hydrogen) atoms. The Labute approximate surface area is 174 Å². The summed E-state index contributed by atoms with van der Waals surface area (Å²) in [5.74, 6) is 1.23. The highest BCUT2D eigenvalue weighted by atomic mass is 32.1. The Morgan fingerprint density at radius 1 is 1.10 bits per heavy atom. The Balaban J connectivity index is 1.70. The highest BCUT2D eigenvalue weighted by Crippen LogP contribution is 2.34. The molecule has 1 N–H and O–H groups in total. The quantitative estimate of drug-likeness (QED) is 0.700. The Bertz CT molecular complexity index is 1020. The molecule has 0 fully saturated rings. The van der Waals surface area contributed by atoms with Crippen molar-refractivity contribution >= 4 is 32.6 Å². The van der Waals surface area contributed by atoms with E-state index in [-0.39, 0.29) is 5.91 Å². The number of aromatic nitrogens is 1. The van der Waals surface area contributed by atoms with Crippen molar-refractivity contribution in [2.45, 2.75) is 13.8 Å². The van der Waals surface area contributed by atoms with Crippen LogP contribution in [0.2, 0.25) is 0 Å². The minimum absolute atomic E-state index is 0.0734. The first kappa shape index (κ1) is 19.7. The van der Waals surface area contributed by atoms with Crippen LogP contribution in [0.15, 0.2) is 30.3 Å². The number of benzene rings is 2. The Morgan fingerprint density at radius 3 is 2.59 bits per heavy atom. The summed E-state index contributed by atoms with van der Waals surface area (Å²) >= 11 is 1.56. The molecule has 0 unspecified atom stereocenters. The van der Waals surface area contributed by atoms with E-state index in [1.165, 1.54) is 16.0 Å². The minimum atomic E-state index is -0.0734. The maximum absolute atomic E-state index is 13.4. The summed E-state index contributed by atoms with van der Waals surface area (Å²) in [6.07, 6.45) is 0. The third kappa shape index (κ3) is 4.06. The van der Waals surface area contributed by atoms with Crippen molar-refractivity contribution in [3.63, 3.8) is 0 Å². The zero-order valence-electron chi connectivity index (χ0n) is 17.2. The van der Waals surface area contributed by atoms with E-state index < -0.39 is 0 Å². The largest absolute Gasteiger partial charge is 0.486 e. The number of nitrogens with zero attached hydrogens (tertiary/aromatic N) is 2. The molecule has 4 rings (SSSR count). The zero-order valence-corrected chi connectivity index (χ0v) is 18.1. The van der Waals surface area contributed by atoms with E-state index in [1.54, 1.807) is 28.4 Å². The van der Waals surface area contributed by atoms with Crippen LogP contribution in [0.5, 0.6) is 11.5 Å². The molecule has 1 aromatic heterocycles. The Hall–Kier alpha value is -2.64. The monoisotopic (exact) mass is 412 g/mol. The van der Waals surface area contributed by atoms with Crippen molar-refractivity contribution in [1.29, 1.82) is 0 Å². The van der Waals surface area contributed by atoms with Crippen LogP contribution in [0.3, 0.4) is 0 Å². The van der Waals surface area contributed by atoms with Gasteiger partial charge in [0.1, 0.15) is 13.2 Å². The molecule has 2 aromatic carbocycles. The van der Waals surface area contributed by atoms with Gasteiger partial charge in [0.15, 0.2) is 16.6 Å². The number of likely N-dealkylation sites (N-methyl/N-ethyl adjacent to an activating group) is 1. The van der Waals surface area contributed by atoms with E-state index in [0.29, 0.717) is 36.8 Å². The van der Waals surface area contributed by atoms with E-state index in [4.69, 9.17) is 14.5 Å². The molecule has 1 aliphatic rings. The molecule has 0 saturated heterocycles. The molecule has 7 heteroatoms. The first-order chi connectivity index (χ1) is 13.9. The number of nitrogens with one attached hydrogen (secondary N) is 1. The second-order valence-electron chi connectivity index (χ2n) is 7.67. The average Bonchev–Trinajstić information content (AvgIpc) is 3.10. The second kappa shape index (κ2) is 8.00. The fraction of sp³-hybridized carbons (Fsp3) is 0.364. The van der Waals surface area contributed by atoms with Gasteiger partial charge in [-0.2, -0.15) is 0 Å². The summed E-state index contributed by atoms with van der Waals surface area (Å²) in [4.78, 5) is 21.3. The van der Waals surface area contributed by atoms with Crippen LogP contribution in [0.25, 0.3) is 10.2 Å². The fourth-order valence-corrected chi connectivity index (χ4v) is 4.30. The number of quaternary nitrogens is 1. The van der Waals surface area contributed by atoms with Crippen molar-refractivity contribution in [3.8, 4) is 11.5 Å². The van der Waals surface area contributed by atoms with Gasteiger partial charge in [-0.25, -0.2) is 4.98 Å². The standard InChI is InChI=1S/C22H25N3O3S/c1-14-11-17-20(12-15(14)2)29-22(23-17)25(8-7-24(3)4)21(26)16-5-6-18-19(13-16)28-10-9-27-18/h5-6,11-13H,7-10H2,1-4H3/p+1. The van der Waals surface area contributed by atoms with Crippen LogP contribution in [0.4, 0.5) is 5.13 Å². The van der Waals surface area contributed by atoms with E-state index >= 15 is 0 Å². The van der Waals surface area contributed by atoms with Crippen LogP contribution >= 0.6 is 11.3 Å². The Morgan fingerprint density at radius 2 is 1.83 bits per heavy atom. The van der Waals surface area contributed by atoms with Crippen LogP contribution in [-0.4, -0.2) is 51.3 Å². The van der Waals surface area contributed by atoms with Gasteiger partial charge in [-0.1, -0.05) is 11.3 Å². The normalized spacial score (nSPS) is 13.1. The molecule has 6 nitrogen and oxygen atoms in total. The van der Waals surface area contributed by atoms with Gasteiger partial charge in [-0.05, 0) is 55.3 Å². The van der Waals surface area contributed by atoms with Crippen molar-refractivity contribution in [2.75, 3.05) is 45.3 Å². The molecule has 0 saturated carbocycles. The molecule has 152 valence electrons. The molecule has 2 heterocycles. The summed E-state index contributed by atoms with van der Waals surface area (Å²) < 4.78 is 12.3. The van der Waals surface area contributed by atoms with E-state index in [2.05, 4.69) is 40.1 Å². The number of carbonyl (C=O) groups excluding carboxylic acids is 1. The molecule has 0 radical (unpaired) electrons. The van der Waals surface area contributed by atoms with E-state index in [0.717, 1.165) is 21.9 Å². The number of thiazole rings is 1. The molecular formula is C22H26N3O3S+. The molecule has 3 aromatic rings. The predicted octanol–water partition coefficient (Wildman–Crippen LogP) is 2.48. The molecule has 0 atom stereocenters. The molecular weight excluding hydrogens is 386 g/mol. The number of aryl methyl sites for hydroxylation is 2. The van der Waals surface area contributed by atoms with Gasteiger partial charge in [0.2, 0.25) is 0 Å². The predicted molar refractivity (Wildman–Crippen MR) is 116 cm³/mol. The maximum Gasteiger partial charge on any atom is 0.260 e. The lowest BCUT2D eigenvalue weighted by Gasteiger charge is -2.22. The first-order valence-corrected chi connectivity index (χ1v) is 10.6. The number of hydrogen-bond donors (Lipinski definition) is 1. The SMILES string of the molecule is Cc1cc2nc(N(CC[NH+](C)C)C(=O)c3ccc4c(c3)OCCO4)sc2cc1C. The molecule has 0 spiro atoms. The maximum atomic E-state index is 13.4. The summed E-state index contributed by atoms with van der Waals surface area (Å²) in [6.45, 7) is 6.62. The number of fused-ring (bicyclic) bond motifs is 2. The van der Waals surface area contributed by atoms with Crippen molar-refractivity contribution in [1.82, 2.24) is 4.98 Å². The van der Waals surface area contributed by atoms with Gasteiger partial charge >= 0.3 is 0 Å². The van der Waals surface area contributed by atoms with E-state index in [9.17, 15) is 4.79 Å². The third-order valence-electron chi connectivity index (χ3n) is 5.09. The molecule has 0 bridgehead atoms. The fourth-order valence-electron chi connectivity index (χ4n) is 3.23. The third-order valence-corrected chi connectivity index (χ3v) is 6.13. The van der Waals surface area contributed by atoms with Gasteiger partial charge in [0.25, 0.3) is 5.91 Å². The van der Waals surface area contributed by atoms with Gasteiger partial charge in [-0.3, -0.25) is 9.69 Å². The van der Waals surface area contributed by atoms with Gasteiger partial charge in [0, 0.05) is 5.56 Å². The molecule has 1 aliphatic heterocycles. The minimum Gasteiger partial charge on any atom is -0.486 e. The highest BCUT2D eigenvalue weighted by molar-refractivity contribution is 7.22.